The molecule has 46 valence electrons. The molecule has 0 saturated carbocycles. The maximum atomic E-state index is 10.3. The molecule has 1 heteroatoms. The second-order valence-corrected chi connectivity index (χ2v) is 1.27. The fourth-order valence-corrected chi connectivity index (χ4v) is 0. The van der Waals surface area contributed by atoms with Gasteiger partial charge in [-0.25, -0.2) is 0 Å². The lowest BCUT2D eigenvalue weighted by Crippen LogP contribution is -1.47. The van der Waals surface area contributed by atoms with E-state index in [1.807, 2.05) is 0 Å². The first-order chi connectivity index (χ1) is 3.33. The smallest absolute Gasteiger partial charge is 0.0866 e. The minimum Gasteiger partial charge on any atom is -0.251 e. The Kier molecular flexibility index (Phi) is 24.0. The molecule has 0 aliphatic heterocycles. The summed E-state index contributed by atoms with van der Waals surface area (Å²) in [4.78, 5) is 0. The van der Waals surface area contributed by atoms with Crippen molar-refractivity contribution in [1.82, 2.24) is 0 Å². The van der Waals surface area contributed by atoms with E-state index in [4.69, 9.17) is 0 Å². The van der Waals surface area contributed by atoms with Crippen LogP contribution in [0.5, 0.6) is 0 Å². The van der Waals surface area contributed by atoms with Crippen molar-refractivity contribution in [2.45, 2.75) is 33.6 Å². The van der Waals surface area contributed by atoms with Gasteiger partial charge in [-0.05, 0) is 6.92 Å². The van der Waals surface area contributed by atoms with Gasteiger partial charge in [0, 0.05) is 0 Å². The van der Waals surface area contributed by atoms with E-state index in [0.717, 1.165) is 0 Å². The van der Waals surface area contributed by atoms with Crippen LogP contribution in [0.15, 0.2) is 0 Å². The Labute approximate surface area is 45.7 Å². The minimum absolute atomic E-state index is 0.250. The van der Waals surface area contributed by atoms with E-state index in [1.54, 1.807) is 0 Å². The summed E-state index contributed by atoms with van der Waals surface area (Å²) < 4.78 is 10.3. The van der Waals surface area contributed by atoms with Crippen molar-refractivity contribution in [3.8, 4) is 0 Å². The van der Waals surface area contributed by atoms with Gasteiger partial charge in [-0.15, -0.1) is 0 Å². The largest absolute Gasteiger partial charge is 0.251 e. The lowest BCUT2D eigenvalue weighted by molar-refractivity contribution is 0.527. The first kappa shape index (κ1) is 10.0. The van der Waals surface area contributed by atoms with Gasteiger partial charge in [0.25, 0.3) is 0 Å². The van der Waals surface area contributed by atoms with Gasteiger partial charge in [-0.3, -0.25) is 4.39 Å². The number of halogens is 1. The van der Waals surface area contributed by atoms with Crippen LogP contribution in [0.3, 0.4) is 0 Å². The molecule has 0 N–H and O–H groups in total. The van der Waals surface area contributed by atoms with Gasteiger partial charge < -0.3 is 0 Å². The average molecular weight is 106 g/mol. The molecule has 0 nitrogen and oxygen atoms in total. The third-order valence-corrected chi connectivity index (χ3v) is 0.500. The first-order valence-corrected chi connectivity index (χ1v) is 2.89. The molecule has 0 aromatic heterocycles. The second kappa shape index (κ2) is 16.8. The van der Waals surface area contributed by atoms with Crippen molar-refractivity contribution in [2.24, 2.45) is 0 Å². The van der Waals surface area contributed by atoms with Crippen molar-refractivity contribution in [3.63, 3.8) is 0 Å². The van der Waals surface area contributed by atoms with Crippen LogP contribution in [0.4, 0.5) is 4.39 Å². The summed E-state index contributed by atoms with van der Waals surface area (Å²) in [7, 11) is 0. The maximum Gasteiger partial charge on any atom is 0.0866 e. The molecule has 0 aliphatic rings. The van der Waals surface area contributed by atoms with E-state index in [0.29, 0.717) is 0 Å². The van der Waals surface area contributed by atoms with Crippen molar-refractivity contribution in [3.05, 3.63) is 0 Å². The second-order valence-electron chi connectivity index (χ2n) is 1.27. The molecule has 0 aromatic carbocycles. The van der Waals surface area contributed by atoms with Crippen molar-refractivity contribution in [2.75, 3.05) is 6.67 Å². The van der Waals surface area contributed by atoms with Crippen LogP contribution < -0.4 is 0 Å². The summed E-state index contributed by atoms with van der Waals surface area (Å²) in [6.07, 6.45) is 2.64. The monoisotopic (exact) mass is 106 g/mol. The molecule has 0 bridgehead atoms. The molecule has 0 atom stereocenters. The first-order valence-electron chi connectivity index (χ1n) is 2.89. The van der Waals surface area contributed by atoms with Crippen molar-refractivity contribution in [1.29, 1.82) is 0 Å². The molecule has 0 heterocycles. The molecule has 0 rings (SSSR count). The standard InChI is InChI=1S/C4H10.C2H5F/c1-3-4-2;1-2-3/h3-4H2,1-2H3;2H2,1H3. The lowest BCUT2D eigenvalue weighted by Gasteiger charge is -1.68. The van der Waals surface area contributed by atoms with Crippen molar-refractivity contribution >= 4 is 0 Å². The molecule has 0 spiro atoms. The summed E-state index contributed by atoms with van der Waals surface area (Å²) in [5, 5.41) is 0. The number of alkyl halides is 1. The molecule has 0 radical (unpaired) electrons. The summed E-state index contributed by atoms with van der Waals surface area (Å²) in [5.41, 5.74) is 0. The van der Waals surface area contributed by atoms with E-state index >= 15 is 0 Å². The third kappa shape index (κ3) is 106. The van der Waals surface area contributed by atoms with Crippen LogP contribution in [-0.4, -0.2) is 6.67 Å². The van der Waals surface area contributed by atoms with Crippen LogP contribution in [0.1, 0.15) is 33.6 Å². The zero-order valence-corrected chi connectivity index (χ0v) is 5.50. The minimum atomic E-state index is -0.250. The Bertz CT molecular complexity index is 11.7. The number of hydrogen-bond donors (Lipinski definition) is 0. The molecular weight excluding hydrogens is 91.1 g/mol. The zero-order valence-electron chi connectivity index (χ0n) is 5.50. The van der Waals surface area contributed by atoms with Crippen LogP contribution in [0, 0.1) is 0 Å². The molecular formula is C6H15F. The van der Waals surface area contributed by atoms with Crippen LogP contribution in [-0.2, 0) is 0 Å². The van der Waals surface area contributed by atoms with Gasteiger partial charge in [-0.2, -0.15) is 0 Å². The summed E-state index contributed by atoms with van der Waals surface area (Å²) in [6.45, 7) is 5.57. The van der Waals surface area contributed by atoms with Crippen LogP contribution in [0.2, 0.25) is 0 Å². The van der Waals surface area contributed by atoms with Crippen LogP contribution in [0.25, 0.3) is 0 Å². The van der Waals surface area contributed by atoms with Gasteiger partial charge in [-0.1, -0.05) is 26.7 Å². The average Bonchev–Trinajstić information content (AvgIpc) is 1.69. The van der Waals surface area contributed by atoms with Gasteiger partial charge in [0.05, 0.1) is 6.67 Å². The Morgan fingerprint density at radius 3 is 1.14 bits per heavy atom. The number of rotatable bonds is 1. The Morgan fingerprint density at radius 2 is 1.14 bits per heavy atom. The molecule has 0 aromatic rings. The summed E-state index contributed by atoms with van der Waals surface area (Å²) in [6, 6.07) is 0. The van der Waals surface area contributed by atoms with Gasteiger partial charge >= 0.3 is 0 Å². The SMILES string of the molecule is CCCC.CCF. The maximum absolute atomic E-state index is 10.3. The van der Waals surface area contributed by atoms with Crippen molar-refractivity contribution < 1.29 is 4.39 Å². The number of hydrogen-bond acceptors (Lipinski definition) is 0. The van der Waals surface area contributed by atoms with E-state index in [-0.39, 0.29) is 6.67 Å². The Hall–Kier alpha value is -0.0700. The highest BCUT2D eigenvalue weighted by atomic mass is 19.1. The predicted molar refractivity (Wildman–Crippen MR) is 32.2 cm³/mol. The fraction of sp³-hybridized carbons (Fsp3) is 1.00. The lowest BCUT2D eigenvalue weighted by atomic mass is 10.4. The quantitative estimate of drug-likeness (QED) is 0.482. The highest BCUT2D eigenvalue weighted by Gasteiger charge is 1.56. The van der Waals surface area contributed by atoms with E-state index in [1.165, 1.54) is 19.8 Å². The highest BCUT2D eigenvalue weighted by molar-refractivity contribution is 4.12. The highest BCUT2D eigenvalue weighted by Crippen LogP contribution is 1.76. The van der Waals surface area contributed by atoms with E-state index < -0.39 is 0 Å². The Morgan fingerprint density at radius 1 is 1.00 bits per heavy atom. The number of unbranched alkanes of at least 4 members (excludes halogenated alkanes) is 1. The zero-order chi connectivity index (χ0) is 6.12. The normalized spacial score (nSPS) is 6.86. The molecule has 0 fully saturated rings. The topological polar surface area (TPSA) is 0 Å². The molecule has 0 aliphatic carbocycles. The van der Waals surface area contributed by atoms with Crippen LogP contribution >= 0.6 is 0 Å². The van der Waals surface area contributed by atoms with Gasteiger partial charge in [0.15, 0.2) is 0 Å². The Balaban J connectivity index is 0. The molecule has 0 amide bonds. The molecule has 0 unspecified atom stereocenters. The molecule has 7 heavy (non-hydrogen) atoms. The fourth-order valence-electron chi connectivity index (χ4n) is 0. The summed E-state index contributed by atoms with van der Waals surface area (Å²) in [5.74, 6) is 0. The molecule has 0 saturated heterocycles. The predicted octanol–water partition coefficient (Wildman–Crippen LogP) is 2.78. The third-order valence-electron chi connectivity index (χ3n) is 0.500. The van der Waals surface area contributed by atoms with E-state index in [9.17, 15) is 4.39 Å². The van der Waals surface area contributed by atoms with Gasteiger partial charge in [0.1, 0.15) is 0 Å². The van der Waals surface area contributed by atoms with Gasteiger partial charge in [0.2, 0.25) is 0 Å². The van der Waals surface area contributed by atoms with E-state index in [2.05, 4.69) is 13.8 Å². The summed E-state index contributed by atoms with van der Waals surface area (Å²) >= 11 is 0.